The summed E-state index contributed by atoms with van der Waals surface area (Å²) in [6, 6.07) is 9.89. The predicted molar refractivity (Wildman–Crippen MR) is 93.0 cm³/mol. The van der Waals surface area contributed by atoms with Crippen LogP contribution in [-0.2, 0) is 4.79 Å². The van der Waals surface area contributed by atoms with Crippen LogP contribution >= 0.6 is 11.3 Å². The average molecular weight is 338 g/mol. The molecule has 7 heteroatoms. The quantitative estimate of drug-likeness (QED) is 0.796. The molecule has 0 bridgehead atoms. The number of benzene rings is 1. The minimum atomic E-state index is -0.346. The number of carbonyl (C=O) groups is 1. The van der Waals surface area contributed by atoms with E-state index in [1.165, 1.54) is 15.9 Å². The van der Waals surface area contributed by atoms with Crippen molar-refractivity contribution in [2.45, 2.75) is 13.8 Å². The van der Waals surface area contributed by atoms with Gasteiger partial charge in [-0.2, -0.15) is 14.6 Å². The van der Waals surface area contributed by atoms with Crippen molar-refractivity contribution in [3.05, 3.63) is 62.9 Å². The fourth-order valence-electron chi connectivity index (χ4n) is 2.79. The molecule has 1 N–H and O–H groups in total. The monoisotopic (exact) mass is 338 g/mol. The minimum absolute atomic E-state index is 0.0933. The number of aryl methyl sites for hydroxylation is 1. The molecule has 1 atom stereocenters. The maximum Gasteiger partial charge on any atom is 0.295 e. The highest BCUT2D eigenvalue weighted by Gasteiger charge is 2.40. The number of rotatable bonds is 3. The van der Waals surface area contributed by atoms with E-state index in [1.54, 1.807) is 12.3 Å². The van der Waals surface area contributed by atoms with Crippen LogP contribution in [0.1, 0.15) is 18.2 Å². The van der Waals surface area contributed by atoms with Gasteiger partial charge in [-0.25, -0.2) is 0 Å². The molecule has 1 aliphatic carbocycles. The first-order valence-corrected chi connectivity index (χ1v) is 8.36. The minimum Gasteiger partial charge on any atom is -0.309 e. The molecule has 1 aliphatic rings. The zero-order valence-corrected chi connectivity index (χ0v) is 13.9. The van der Waals surface area contributed by atoms with Crippen molar-refractivity contribution in [1.82, 2.24) is 14.6 Å². The second kappa shape index (κ2) is 5.38. The standard InChI is InChI=1S/C17H14N4O2S/c1-9-13(11-6-4-3-5-7-11)14(9)16(23)18-12-8-24-17-19-15(22)10(2)20-21(12)17/h3-8,14H,1-2H3,(H,18,23). The first kappa shape index (κ1) is 14.8. The molecule has 1 aromatic carbocycles. The number of amides is 1. The number of hydrogen-bond donors (Lipinski definition) is 1. The summed E-state index contributed by atoms with van der Waals surface area (Å²) in [6.07, 6.45) is 0. The van der Waals surface area contributed by atoms with Gasteiger partial charge < -0.3 is 5.32 Å². The van der Waals surface area contributed by atoms with E-state index >= 15 is 0 Å². The summed E-state index contributed by atoms with van der Waals surface area (Å²) in [7, 11) is 0. The summed E-state index contributed by atoms with van der Waals surface area (Å²) in [4.78, 5) is 28.5. The largest absolute Gasteiger partial charge is 0.309 e. The summed E-state index contributed by atoms with van der Waals surface area (Å²) < 4.78 is 1.50. The molecular weight excluding hydrogens is 324 g/mol. The number of nitrogens with one attached hydrogen (secondary N) is 1. The number of fused-ring (bicyclic) bond motifs is 1. The molecule has 0 radical (unpaired) electrons. The van der Waals surface area contributed by atoms with E-state index in [0.29, 0.717) is 16.5 Å². The molecule has 4 rings (SSSR count). The molecule has 3 aromatic rings. The highest BCUT2D eigenvalue weighted by Crippen LogP contribution is 2.47. The Kier molecular flexibility index (Phi) is 3.31. The third-order valence-corrected chi connectivity index (χ3v) is 4.92. The molecule has 1 amide bonds. The lowest BCUT2D eigenvalue weighted by molar-refractivity contribution is -0.116. The smallest absolute Gasteiger partial charge is 0.295 e. The second-order valence-corrected chi connectivity index (χ2v) is 6.54. The maximum absolute atomic E-state index is 12.6. The first-order chi connectivity index (χ1) is 11.6. The summed E-state index contributed by atoms with van der Waals surface area (Å²) in [5.74, 6) is 0.225. The van der Waals surface area contributed by atoms with Gasteiger partial charge in [-0.15, -0.1) is 11.3 Å². The fourth-order valence-corrected chi connectivity index (χ4v) is 3.54. The van der Waals surface area contributed by atoms with Gasteiger partial charge in [0.2, 0.25) is 10.9 Å². The zero-order chi connectivity index (χ0) is 16.8. The van der Waals surface area contributed by atoms with E-state index in [-0.39, 0.29) is 17.4 Å². The first-order valence-electron chi connectivity index (χ1n) is 7.48. The molecule has 0 saturated heterocycles. The number of thiazole rings is 1. The predicted octanol–water partition coefficient (Wildman–Crippen LogP) is 2.50. The van der Waals surface area contributed by atoms with Crippen molar-refractivity contribution in [3.63, 3.8) is 0 Å². The van der Waals surface area contributed by atoms with Crippen LogP contribution < -0.4 is 10.9 Å². The van der Waals surface area contributed by atoms with E-state index in [1.807, 2.05) is 37.3 Å². The maximum atomic E-state index is 12.6. The van der Waals surface area contributed by atoms with Crippen molar-refractivity contribution >= 4 is 33.6 Å². The number of anilines is 1. The zero-order valence-electron chi connectivity index (χ0n) is 13.1. The van der Waals surface area contributed by atoms with Gasteiger partial charge in [-0.3, -0.25) is 9.59 Å². The Hall–Kier alpha value is -2.80. The molecule has 120 valence electrons. The number of carbonyl (C=O) groups excluding carboxylic acids is 1. The van der Waals surface area contributed by atoms with Crippen molar-refractivity contribution in [2.24, 2.45) is 5.92 Å². The highest BCUT2D eigenvalue weighted by molar-refractivity contribution is 7.15. The number of hydrogen-bond acceptors (Lipinski definition) is 5. The lowest BCUT2D eigenvalue weighted by Crippen LogP contribution is -2.20. The van der Waals surface area contributed by atoms with Crippen molar-refractivity contribution in [2.75, 3.05) is 5.32 Å². The second-order valence-electron chi connectivity index (χ2n) is 5.70. The van der Waals surface area contributed by atoms with Gasteiger partial charge in [0.05, 0.1) is 5.92 Å². The molecule has 2 aromatic heterocycles. The van der Waals surface area contributed by atoms with Crippen LogP contribution in [0.15, 0.2) is 46.1 Å². The van der Waals surface area contributed by atoms with Crippen LogP contribution in [0.5, 0.6) is 0 Å². The molecule has 0 saturated carbocycles. The Morgan fingerprint density at radius 1 is 1.25 bits per heavy atom. The van der Waals surface area contributed by atoms with E-state index in [4.69, 9.17) is 0 Å². The Morgan fingerprint density at radius 2 is 2.00 bits per heavy atom. The molecule has 2 heterocycles. The van der Waals surface area contributed by atoms with Crippen molar-refractivity contribution < 1.29 is 4.79 Å². The van der Waals surface area contributed by atoms with Crippen LogP contribution in [0.3, 0.4) is 0 Å². The summed E-state index contributed by atoms with van der Waals surface area (Å²) >= 11 is 1.27. The van der Waals surface area contributed by atoms with Gasteiger partial charge >= 0.3 is 0 Å². The molecule has 0 fully saturated rings. The van der Waals surface area contributed by atoms with Crippen LogP contribution in [0.25, 0.3) is 10.5 Å². The van der Waals surface area contributed by atoms with Gasteiger partial charge in [0.15, 0.2) is 0 Å². The van der Waals surface area contributed by atoms with Gasteiger partial charge in [0.1, 0.15) is 11.5 Å². The molecular formula is C17H14N4O2S. The Labute approximate surface area is 141 Å². The van der Waals surface area contributed by atoms with Gasteiger partial charge in [0.25, 0.3) is 5.56 Å². The van der Waals surface area contributed by atoms with E-state index in [2.05, 4.69) is 15.4 Å². The lowest BCUT2D eigenvalue weighted by atomic mass is 10.1. The van der Waals surface area contributed by atoms with Crippen molar-refractivity contribution in [1.29, 1.82) is 0 Å². The molecule has 24 heavy (non-hydrogen) atoms. The Morgan fingerprint density at radius 3 is 2.75 bits per heavy atom. The van der Waals surface area contributed by atoms with Gasteiger partial charge in [0, 0.05) is 5.38 Å². The SMILES string of the molecule is CC1=C(c2ccccc2)C1C(=O)Nc1csc2nc(=O)c(C)nn12. The number of aromatic nitrogens is 3. The van der Waals surface area contributed by atoms with E-state index in [9.17, 15) is 9.59 Å². The summed E-state index contributed by atoms with van der Waals surface area (Å²) in [6.45, 7) is 3.57. The Bertz CT molecular complexity index is 1050. The summed E-state index contributed by atoms with van der Waals surface area (Å²) in [5.41, 5.74) is 3.17. The third-order valence-electron chi connectivity index (χ3n) is 4.10. The van der Waals surface area contributed by atoms with Crippen molar-refractivity contribution in [3.8, 4) is 0 Å². The summed E-state index contributed by atoms with van der Waals surface area (Å²) in [5, 5.41) is 8.82. The van der Waals surface area contributed by atoms with Crippen LogP contribution in [0.2, 0.25) is 0 Å². The normalized spacial score (nSPS) is 16.5. The van der Waals surface area contributed by atoms with Crippen LogP contribution in [-0.4, -0.2) is 20.5 Å². The van der Waals surface area contributed by atoms with Gasteiger partial charge in [-0.1, -0.05) is 35.9 Å². The lowest BCUT2D eigenvalue weighted by Gasteiger charge is -2.05. The van der Waals surface area contributed by atoms with Gasteiger partial charge in [-0.05, 0) is 25.0 Å². The van der Waals surface area contributed by atoms with Crippen LogP contribution in [0, 0.1) is 12.8 Å². The topological polar surface area (TPSA) is 76.4 Å². The Balaban J connectivity index is 1.58. The van der Waals surface area contributed by atoms with Crippen LogP contribution in [0.4, 0.5) is 5.82 Å². The fraction of sp³-hybridized carbons (Fsp3) is 0.176. The molecule has 6 nitrogen and oxygen atoms in total. The van der Waals surface area contributed by atoms with E-state index < -0.39 is 0 Å². The third kappa shape index (κ3) is 2.33. The number of nitrogens with zero attached hydrogens (tertiary/aromatic N) is 3. The highest BCUT2D eigenvalue weighted by atomic mass is 32.1. The average Bonchev–Trinajstić information content (AvgIpc) is 3.12. The van der Waals surface area contributed by atoms with E-state index in [0.717, 1.165) is 16.7 Å². The molecule has 1 unspecified atom stereocenters. The molecule has 0 aliphatic heterocycles. The molecule has 0 spiro atoms.